The summed E-state index contributed by atoms with van der Waals surface area (Å²) in [5.74, 6) is -5.58. The van der Waals surface area contributed by atoms with Gasteiger partial charge in [-0.05, 0) is 13.8 Å². The summed E-state index contributed by atoms with van der Waals surface area (Å²) >= 11 is 0. The molecule has 0 bridgehead atoms. The van der Waals surface area contributed by atoms with Gasteiger partial charge in [0, 0.05) is 40.5 Å². The lowest BCUT2D eigenvalue weighted by Crippen LogP contribution is -2.61. The van der Waals surface area contributed by atoms with Crippen LogP contribution in [0.5, 0.6) is 0 Å². The van der Waals surface area contributed by atoms with E-state index in [1.54, 1.807) is 13.8 Å². The van der Waals surface area contributed by atoms with E-state index in [0.717, 1.165) is 6.92 Å². The van der Waals surface area contributed by atoms with E-state index in [9.17, 15) is 24.0 Å². The SMILES string of the molecule is CC(=O)OCC1OC(OC2(C)OC(C)C(OC(C)=O)C2OC(C)=O)C(OC(C)=O)C(OC(C)=O)C1C. The van der Waals surface area contributed by atoms with E-state index in [1.165, 1.54) is 34.6 Å². The summed E-state index contributed by atoms with van der Waals surface area (Å²) in [5, 5.41) is 0. The van der Waals surface area contributed by atoms with Gasteiger partial charge in [-0.1, -0.05) is 6.92 Å². The van der Waals surface area contributed by atoms with Crippen molar-refractivity contribution in [1.29, 1.82) is 0 Å². The third-order valence-electron chi connectivity index (χ3n) is 5.70. The highest BCUT2D eigenvalue weighted by Crippen LogP contribution is 2.40. The summed E-state index contributed by atoms with van der Waals surface area (Å²) < 4.78 is 44.7. The van der Waals surface area contributed by atoms with Gasteiger partial charge in [0.15, 0.2) is 18.3 Å². The minimum absolute atomic E-state index is 0.210. The molecule has 0 aromatic carbocycles. The number of ether oxygens (including phenoxy) is 8. The molecule has 2 aliphatic rings. The van der Waals surface area contributed by atoms with Crippen molar-refractivity contribution in [3.8, 4) is 0 Å². The zero-order valence-corrected chi connectivity index (χ0v) is 21.6. The summed E-state index contributed by atoms with van der Waals surface area (Å²) in [4.78, 5) is 58.8. The molecule has 0 aromatic rings. The third kappa shape index (κ3) is 7.37. The Balaban J connectivity index is 2.46. The average Bonchev–Trinajstić information content (AvgIpc) is 2.93. The van der Waals surface area contributed by atoms with E-state index >= 15 is 0 Å². The number of hydrogen-bond donors (Lipinski definition) is 0. The van der Waals surface area contributed by atoms with Gasteiger partial charge < -0.3 is 37.9 Å². The van der Waals surface area contributed by atoms with Crippen molar-refractivity contribution in [2.24, 2.45) is 5.92 Å². The van der Waals surface area contributed by atoms with Crippen molar-refractivity contribution >= 4 is 29.8 Å². The van der Waals surface area contributed by atoms with Crippen molar-refractivity contribution in [3.63, 3.8) is 0 Å². The van der Waals surface area contributed by atoms with Crippen molar-refractivity contribution in [2.45, 2.75) is 104 Å². The zero-order chi connectivity index (χ0) is 27.4. The van der Waals surface area contributed by atoms with Crippen LogP contribution in [0, 0.1) is 5.92 Å². The Hall–Kier alpha value is -2.77. The molecule has 0 saturated carbocycles. The molecule has 9 unspecified atom stereocenters. The first-order chi connectivity index (χ1) is 16.6. The molecular formula is C23H34O13. The van der Waals surface area contributed by atoms with Crippen LogP contribution in [0.25, 0.3) is 0 Å². The Morgan fingerprint density at radius 1 is 0.722 bits per heavy atom. The highest BCUT2D eigenvalue weighted by Gasteiger charge is 2.60. The molecule has 2 fully saturated rings. The molecule has 204 valence electrons. The Morgan fingerprint density at radius 3 is 1.72 bits per heavy atom. The van der Waals surface area contributed by atoms with Crippen LogP contribution in [-0.2, 0) is 61.9 Å². The first-order valence-corrected chi connectivity index (χ1v) is 11.5. The van der Waals surface area contributed by atoms with Crippen LogP contribution in [-0.4, -0.2) is 85.2 Å². The average molecular weight is 519 g/mol. The van der Waals surface area contributed by atoms with Crippen molar-refractivity contribution < 1.29 is 61.9 Å². The second kappa shape index (κ2) is 12.0. The fraction of sp³-hybridized carbons (Fsp3) is 0.783. The van der Waals surface area contributed by atoms with Crippen LogP contribution in [0.15, 0.2) is 0 Å². The summed E-state index contributed by atoms with van der Waals surface area (Å²) in [5.41, 5.74) is 0. The summed E-state index contributed by atoms with van der Waals surface area (Å²) in [6.45, 7) is 10.4. The molecule has 2 aliphatic heterocycles. The third-order valence-corrected chi connectivity index (χ3v) is 5.70. The molecule has 2 saturated heterocycles. The predicted octanol–water partition coefficient (Wildman–Crippen LogP) is 0.789. The molecule has 0 aromatic heterocycles. The predicted molar refractivity (Wildman–Crippen MR) is 117 cm³/mol. The van der Waals surface area contributed by atoms with Crippen LogP contribution in [0.2, 0.25) is 0 Å². The molecule has 2 rings (SSSR count). The van der Waals surface area contributed by atoms with Gasteiger partial charge in [-0.15, -0.1) is 0 Å². The largest absolute Gasteiger partial charge is 0.463 e. The molecule has 2 heterocycles. The van der Waals surface area contributed by atoms with Crippen molar-refractivity contribution in [1.82, 2.24) is 0 Å². The van der Waals surface area contributed by atoms with Crippen LogP contribution in [0.1, 0.15) is 55.4 Å². The van der Waals surface area contributed by atoms with E-state index in [0.29, 0.717) is 0 Å². The Labute approximate surface area is 208 Å². The molecule has 0 amide bonds. The molecule has 9 atom stereocenters. The van der Waals surface area contributed by atoms with Gasteiger partial charge >= 0.3 is 29.8 Å². The molecule has 0 spiro atoms. The van der Waals surface area contributed by atoms with Gasteiger partial charge in [-0.25, -0.2) is 0 Å². The second-order valence-corrected chi connectivity index (χ2v) is 8.91. The number of hydrogen-bond acceptors (Lipinski definition) is 13. The van der Waals surface area contributed by atoms with Gasteiger partial charge in [0.05, 0.1) is 6.10 Å². The van der Waals surface area contributed by atoms with Crippen molar-refractivity contribution in [2.75, 3.05) is 6.61 Å². The van der Waals surface area contributed by atoms with E-state index in [4.69, 9.17) is 37.9 Å². The number of carbonyl (C=O) groups is 5. The first kappa shape index (κ1) is 29.5. The van der Waals surface area contributed by atoms with Gasteiger partial charge in [0.1, 0.15) is 18.8 Å². The lowest BCUT2D eigenvalue weighted by molar-refractivity contribution is -0.368. The quantitative estimate of drug-likeness (QED) is 0.328. The van der Waals surface area contributed by atoms with E-state index in [2.05, 4.69) is 0 Å². The summed E-state index contributed by atoms with van der Waals surface area (Å²) in [7, 11) is 0. The van der Waals surface area contributed by atoms with Crippen LogP contribution in [0.4, 0.5) is 0 Å². The van der Waals surface area contributed by atoms with E-state index < -0.39 is 84.5 Å². The number of rotatable bonds is 8. The Morgan fingerprint density at radius 2 is 1.22 bits per heavy atom. The molecule has 0 N–H and O–H groups in total. The first-order valence-electron chi connectivity index (χ1n) is 11.5. The lowest BCUT2D eigenvalue weighted by atomic mass is 9.90. The highest BCUT2D eigenvalue weighted by molar-refractivity contribution is 5.68. The molecule has 0 aliphatic carbocycles. The second-order valence-electron chi connectivity index (χ2n) is 8.91. The smallest absolute Gasteiger partial charge is 0.303 e. The summed E-state index contributed by atoms with van der Waals surface area (Å²) in [6.07, 6.45) is -7.60. The van der Waals surface area contributed by atoms with Crippen molar-refractivity contribution in [3.05, 3.63) is 0 Å². The minimum atomic E-state index is -1.75. The van der Waals surface area contributed by atoms with Gasteiger partial charge in [-0.2, -0.15) is 0 Å². The lowest BCUT2D eigenvalue weighted by Gasteiger charge is -2.46. The fourth-order valence-corrected chi connectivity index (χ4v) is 4.28. The van der Waals surface area contributed by atoms with Crippen LogP contribution < -0.4 is 0 Å². The summed E-state index contributed by atoms with van der Waals surface area (Å²) in [6, 6.07) is 0. The zero-order valence-electron chi connectivity index (χ0n) is 21.6. The molecule has 13 nitrogen and oxygen atoms in total. The van der Waals surface area contributed by atoms with Gasteiger partial charge in [0.25, 0.3) is 0 Å². The molecule has 0 radical (unpaired) electrons. The fourth-order valence-electron chi connectivity index (χ4n) is 4.28. The monoisotopic (exact) mass is 518 g/mol. The Bertz CT molecular complexity index is 857. The van der Waals surface area contributed by atoms with E-state index in [1.807, 2.05) is 0 Å². The Kier molecular flexibility index (Phi) is 9.80. The minimum Gasteiger partial charge on any atom is -0.463 e. The van der Waals surface area contributed by atoms with Gasteiger partial charge in [-0.3, -0.25) is 24.0 Å². The molecule has 36 heavy (non-hydrogen) atoms. The topological polar surface area (TPSA) is 159 Å². The maximum atomic E-state index is 11.9. The highest BCUT2D eigenvalue weighted by atomic mass is 16.8. The number of esters is 5. The van der Waals surface area contributed by atoms with Crippen LogP contribution in [0.3, 0.4) is 0 Å². The molecule has 13 heteroatoms. The maximum absolute atomic E-state index is 11.9. The van der Waals surface area contributed by atoms with E-state index in [-0.39, 0.29) is 6.61 Å². The standard InChI is InChI=1S/C23H34O13/c1-10-17(9-29-12(3)24)34-22(20(32-15(6)27)18(10)30-13(4)25)36-23(8)21(33-16(7)28)19(11(2)35-23)31-14(5)26/h10-11,17-22H,9H2,1-8H3. The maximum Gasteiger partial charge on any atom is 0.303 e. The molecular weight excluding hydrogens is 484 g/mol. The van der Waals surface area contributed by atoms with Gasteiger partial charge in [0.2, 0.25) is 12.1 Å². The van der Waals surface area contributed by atoms with Crippen LogP contribution >= 0.6 is 0 Å². The number of carbonyl (C=O) groups excluding carboxylic acids is 5. The normalized spacial score (nSPS) is 35.9.